The zero-order valence-electron chi connectivity index (χ0n) is 46.9. The molecule has 2 aromatic heterocycles. The number of fused-ring (bicyclic) bond motifs is 11. The lowest BCUT2D eigenvalue weighted by Crippen LogP contribution is -2.74. The van der Waals surface area contributed by atoms with Crippen molar-refractivity contribution in [3.8, 4) is 22.5 Å². The van der Waals surface area contributed by atoms with Crippen LogP contribution in [0, 0.1) is 13.8 Å². The van der Waals surface area contributed by atoms with E-state index in [1.165, 1.54) is 98.9 Å². The first-order chi connectivity index (χ1) is 40.6. The highest BCUT2D eigenvalue weighted by molar-refractivity contribution is 7.20. The largest absolute Gasteiger partial charge is 0.221 e. The van der Waals surface area contributed by atoms with E-state index >= 15 is 0 Å². The van der Waals surface area contributed by atoms with Crippen molar-refractivity contribution in [3.63, 3.8) is 0 Å². The molecule has 2 aliphatic rings. The average Bonchev–Trinajstić information content (AvgIpc) is 3.10. The highest BCUT2D eigenvalue weighted by atomic mass is 15.0. The lowest BCUT2D eigenvalue weighted by Gasteiger charge is -2.44. The van der Waals surface area contributed by atoms with E-state index in [0.29, 0.717) is 0 Å². The van der Waals surface area contributed by atoms with Crippen molar-refractivity contribution < 1.29 is 9.13 Å². The molecule has 0 aliphatic carbocycles. The van der Waals surface area contributed by atoms with Crippen LogP contribution in [0.15, 0.2) is 316 Å². The van der Waals surface area contributed by atoms with Gasteiger partial charge < -0.3 is 0 Å². The summed E-state index contributed by atoms with van der Waals surface area (Å²) < 4.78 is 4.98. The van der Waals surface area contributed by atoms with Crippen LogP contribution in [-0.4, -0.2) is 12.3 Å². The standard InChI is InChI=1S/C30H26N2.2C24H20B/c1-19-20(2)24-14-18-32-16-12-22-8-4-6-10-26(22)30(32)28(24)27-23(19)13-17-31-15-11-21-7-3-5-9-25(21)29(27)31;2*1-5-13-21(14-6-1)25(22-15-7-2-8-16-22,23-17-9-3-10-18-23)24-19-11-4-12-20-24/h3-12,15-16H,13-14,17-18H2,1-2H3;2*1-20H/q+2;2*-1. The van der Waals surface area contributed by atoms with Crippen LogP contribution in [0.2, 0.25) is 0 Å². The molecule has 2 aliphatic heterocycles. The maximum atomic E-state index is 2.49. The fraction of sp³-hybridized carbons (Fsp3) is 0.0769. The Bertz CT molecular complexity index is 3700. The zero-order valence-corrected chi connectivity index (χ0v) is 46.9. The first-order valence-corrected chi connectivity index (χ1v) is 29.3. The summed E-state index contributed by atoms with van der Waals surface area (Å²) in [5.41, 5.74) is 22.5. The number of benzene rings is 11. The van der Waals surface area contributed by atoms with Gasteiger partial charge in [0.05, 0.1) is 21.9 Å². The van der Waals surface area contributed by atoms with Gasteiger partial charge in [-0.05, 0) is 59.0 Å². The fourth-order valence-corrected chi connectivity index (χ4v) is 14.4. The van der Waals surface area contributed by atoms with Crippen molar-refractivity contribution in [3.05, 3.63) is 338 Å². The summed E-state index contributed by atoms with van der Waals surface area (Å²) in [4.78, 5) is 0. The third kappa shape index (κ3) is 9.15. The molecule has 0 radical (unpaired) electrons. The van der Waals surface area contributed by atoms with E-state index in [1.54, 1.807) is 11.1 Å². The Labute approximate surface area is 484 Å². The molecule has 0 amide bonds. The number of hydrogen-bond acceptors (Lipinski definition) is 0. The Kier molecular flexibility index (Phi) is 14.4. The second-order valence-corrected chi connectivity index (χ2v) is 22.4. The number of pyridine rings is 2. The van der Waals surface area contributed by atoms with E-state index in [1.807, 2.05) is 0 Å². The topological polar surface area (TPSA) is 7.76 Å². The Morgan fingerprint density at radius 1 is 0.256 bits per heavy atom. The lowest BCUT2D eigenvalue weighted by molar-refractivity contribution is -0.688. The van der Waals surface area contributed by atoms with Crippen LogP contribution in [0.25, 0.3) is 44.1 Å². The summed E-state index contributed by atoms with van der Waals surface area (Å²) in [5.74, 6) is 0. The molecule has 4 heteroatoms. The smallest absolute Gasteiger partial charge is 0.197 e. The van der Waals surface area contributed by atoms with Gasteiger partial charge >= 0.3 is 0 Å². The number of hydrogen-bond donors (Lipinski definition) is 0. The van der Waals surface area contributed by atoms with Gasteiger partial charge in [0.15, 0.2) is 25.5 Å². The highest BCUT2D eigenvalue weighted by Gasteiger charge is 2.38. The Hall–Kier alpha value is -9.63. The van der Waals surface area contributed by atoms with E-state index in [2.05, 4.69) is 339 Å². The summed E-state index contributed by atoms with van der Waals surface area (Å²) >= 11 is 0. The van der Waals surface area contributed by atoms with Gasteiger partial charge in [-0.15, -0.1) is 0 Å². The van der Waals surface area contributed by atoms with Gasteiger partial charge in [0.1, 0.15) is 12.3 Å². The fourth-order valence-electron chi connectivity index (χ4n) is 14.4. The number of rotatable bonds is 8. The Morgan fingerprint density at radius 3 is 0.720 bits per heavy atom. The Morgan fingerprint density at radius 2 is 0.476 bits per heavy atom. The summed E-state index contributed by atoms with van der Waals surface area (Å²) in [6, 6.07) is 109. The molecule has 0 saturated carbocycles. The van der Waals surface area contributed by atoms with Gasteiger partial charge in [-0.3, -0.25) is 0 Å². The first kappa shape index (κ1) is 51.8. The average molecular weight is 1050 g/mol. The summed E-state index contributed by atoms with van der Waals surface area (Å²) in [5, 5.41) is 5.36. The zero-order chi connectivity index (χ0) is 55.3. The molecule has 0 saturated heterocycles. The van der Waals surface area contributed by atoms with Crippen LogP contribution >= 0.6 is 0 Å². The molecule has 0 atom stereocenters. The summed E-state index contributed by atoms with van der Waals surface area (Å²) in [6.45, 7) is 6.78. The second-order valence-electron chi connectivity index (χ2n) is 22.4. The minimum Gasteiger partial charge on any atom is -0.197 e. The third-order valence-corrected chi connectivity index (χ3v) is 18.3. The number of nitrogens with zero attached hydrogens (tertiary/aromatic N) is 2. The van der Waals surface area contributed by atoms with Crippen LogP contribution in [0.5, 0.6) is 0 Å². The minimum atomic E-state index is -1.22. The quantitative estimate of drug-likeness (QED) is 0.106. The van der Waals surface area contributed by atoms with Gasteiger partial charge in [-0.25, -0.2) is 0 Å². The van der Waals surface area contributed by atoms with Gasteiger partial charge in [0.2, 0.25) is 11.4 Å². The van der Waals surface area contributed by atoms with Gasteiger partial charge in [0.25, 0.3) is 0 Å². The molecule has 394 valence electrons. The molecule has 4 heterocycles. The molecule has 0 fully saturated rings. The predicted molar refractivity (Wildman–Crippen MR) is 350 cm³/mol. The van der Waals surface area contributed by atoms with E-state index in [9.17, 15) is 0 Å². The second kappa shape index (κ2) is 22.8. The van der Waals surface area contributed by atoms with Crippen LogP contribution < -0.4 is 52.8 Å². The van der Waals surface area contributed by atoms with Crippen molar-refractivity contribution in [2.45, 2.75) is 39.8 Å². The molecule has 13 aromatic rings. The molecule has 15 rings (SSSR count). The summed E-state index contributed by atoms with van der Waals surface area (Å²) in [7, 11) is 0. The normalized spacial score (nSPS) is 12.3. The predicted octanol–water partition coefficient (Wildman–Crippen LogP) is 11.8. The van der Waals surface area contributed by atoms with Crippen molar-refractivity contribution in [2.24, 2.45) is 0 Å². The van der Waals surface area contributed by atoms with Gasteiger partial charge in [0, 0.05) is 25.0 Å². The van der Waals surface area contributed by atoms with Crippen molar-refractivity contribution in [1.82, 2.24) is 0 Å². The van der Waals surface area contributed by atoms with Crippen LogP contribution in [-0.2, 0) is 25.9 Å². The highest BCUT2D eigenvalue weighted by Crippen LogP contribution is 2.46. The van der Waals surface area contributed by atoms with Crippen molar-refractivity contribution in [1.29, 1.82) is 0 Å². The molecule has 0 spiro atoms. The minimum absolute atomic E-state index is 1.04. The molecular formula is C78H66B2N2. The molecule has 82 heavy (non-hydrogen) atoms. The maximum absolute atomic E-state index is 2.49. The lowest BCUT2D eigenvalue weighted by atomic mass is 9.13. The van der Waals surface area contributed by atoms with E-state index in [4.69, 9.17) is 0 Å². The molecule has 0 N–H and O–H groups in total. The molecule has 0 unspecified atom stereocenters. The molecule has 0 bridgehead atoms. The van der Waals surface area contributed by atoms with E-state index in [-0.39, 0.29) is 0 Å². The van der Waals surface area contributed by atoms with Gasteiger partial charge in [-0.2, -0.15) is 52.8 Å². The Balaban J connectivity index is 0.000000117. The van der Waals surface area contributed by atoms with Crippen LogP contribution in [0.3, 0.4) is 0 Å². The van der Waals surface area contributed by atoms with Crippen LogP contribution in [0.4, 0.5) is 0 Å². The SMILES string of the molecule is Cc1c(C)c2c(c3c1CC[n+]1ccc4ccccc4c1-3)-c1c3ccccc3cc[n+]1CC2.c1ccc([B-](c2ccccc2)(c2ccccc2)c2ccccc2)cc1.c1ccc([B-](c2ccccc2)(c2ccccc2)c2ccccc2)cc1. The monoisotopic (exact) mass is 1050 g/mol. The molecular weight excluding hydrogens is 986 g/mol. The number of aromatic nitrogens is 2. The van der Waals surface area contributed by atoms with Crippen molar-refractivity contribution in [2.75, 3.05) is 0 Å². The van der Waals surface area contributed by atoms with E-state index < -0.39 is 12.3 Å². The molecule has 2 nitrogen and oxygen atoms in total. The van der Waals surface area contributed by atoms with Gasteiger partial charge in [-0.1, -0.05) is 279 Å². The first-order valence-electron chi connectivity index (χ1n) is 29.3. The summed E-state index contributed by atoms with van der Waals surface area (Å²) in [6.07, 6.45) is 4.34. The van der Waals surface area contributed by atoms with E-state index in [0.717, 1.165) is 25.9 Å². The third-order valence-electron chi connectivity index (χ3n) is 18.3. The van der Waals surface area contributed by atoms with Crippen LogP contribution in [0.1, 0.15) is 22.3 Å². The molecule has 11 aromatic carbocycles. The number of aryl methyl sites for hydroxylation is 2. The maximum Gasteiger partial charge on any atom is 0.221 e. The van der Waals surface area contributed by atoms with Crippen molar-refractivity contribution >= 4 is 77.5 Å².